The van der Waals surface area contributed by atoms with E-state index in [1.54, 1.807) is 7.05 Å². The van der Waals surface area contributed by atoms with Gasteiger partial charge in [-0.3, -0.25) is 4.79 Å². The standard InChI is InChI=1S/C25H32N2O7S.ClH/c1-4-10-27(11-5-2)35(31,32)19-7-9-23-21(17-19)24(29)20-16-18(6-8-22(20)34-23)25(30)33-15-13-26(3)12-14-28;/h6-9,16-17,28H,4-5,10-15H2,1-3H3;1H. The number of ether oxygens (including phenoxy) is 1. The SMILES string of the molecule is CCCN(CCC)S(=O)(=O)c1ccc2oc3ccc(C(=O)OCCN(C)CCO)cc3c(=O)c2c1.Cl. The average Bonchev–Trinajstić information content (AvgIpc) is 2.83. The molecule has 3 aromatic rings. The third kappa shape index (κ3) is 6.63. The molecule has 0 spiro atoms. The number of sulfonamides is 1. The smallest absolute Gasteiger partial charge is 0.338 e. The van der Waals surface area contributed by atoms with Crippen molar-refractivity contribution in [3.63, 3.8) is 0 Å². The number of esters is 1. The van der Waals surface area contributed by atoms with Crippen LogP contribution < -0.4 is 5.43 Å². The number of nitrogens with zero attached hydrogens (tertiary/aromatic N) is 2. The molecule has 0 atom stereocenters. The van der Waals surface area contributed by atoms with E-state index in [0.29, 0.717) is 39.0 Å². The molecule has 0 aliphatic heterocycles. The molecule has 0 aliphatic rings. The summed E-state index contributed by atoms with van der Waals surface area (Å²) in [4.78, 5) is 27.6. The highest BCUT2D eigenvalue weighted by atomic mass is 35.5. The van der Waals surface area contributed by atoms with Crippen LogP contribution in [0.25, 0.3) is 21.9 Å². The lowest BCUT2D eigenvalue weighted by atomic mass is 10.1. The van der Waals surface area contributed by atoms with E-state index in [-0.39, 0.29) is 58.0 Å². The van der Waals surface area contributed by atoms with Crippen molar-refractivity contribution in [1.29, 1.82) is 0 Å². The first-order valence-electron chi connectivity index (χ1n) is 11.7. The molecule has 1 N–H and O–H groups in total. The van der Waals surface area contributed by atoms with E-state index >= 15 is 0 Å². The number of carbonyl (C=O) groups excluding carboxylic acids is 1. The highest BCUT2D eigenvalue weighted by molar-refractivity contribution is 7.89. The Bertz CT molecular complexity index is 1350. The third-order valence-electron chi connectivity index (χ3n) is 5.65. The molecule has 0 saturated carbocycles. The van der Waals surface area contributed by atoms with Gasteiger partial charge in [0.05, 0.1) is 27.8 Å². The highest BCUT2D eigenvalue weighted by Gasteiger charge is 2.24. The van der Waals surface area contributed by atoms with Gasteiger partial charge in [-0.15, -0.1) is 12.4 Å². The maximum Gasteiger partial charge on any atom is 0.338 e. The van der Waals surface area contributed by atoms with Crippen molar-refractivity contribution in [2.75, 3.05) is 46.4 Å². The Labute approximate surface area is 217 Å². The molecule has 198 valence electrons. The molecule has 11 heteroatoms. The Morgan fingerprint density at radius 1 is 0.972 bits per heavy atom. The van der Waals surface area contributed by atoms with Crippen LogP contribution in [-0.2, 0) is 14.8 Å². The second-order valence-corrected chi connectivity index (χ2v) is 10.3. The summed E-state index contributed by atoms with van der Waals surface area (Å²) < 4.78 is 38.9. The monoisotopic (exact) mass is 540 g/mol. The van der Waals surface area contributed by atoms with Crippen LogP contribution in [0.3, 0.4) is 0 Å². The molecule has 3 rings (SSSR count). The van der Waals surface area contributed by atoms with Crippen LogP contribution in [0.5, 0.6) is 0 Å². The number of aliphatic hydroxyl groups excluding tert-OH is 1. The van der Waals surface area contributed by atoms with Crippen molar-refractivity contribution in [1.82, 2.24) is 9.21 Å². The minimum Gasteiger partial charge on any atom is -0.461 e. The van der Waals surface area contributed by atoms with Gasteiger partial charge in [-0.1, -0.05) is 13.8 Å². The van der Waals surface area contributed by atoms with Gasteiger partial charge in [-0.2, -0.15) is 4.31 Å². The van der Waals surface area contributed by atoms with Gasteiger partial charge >= 0.3 is 5.97 Å². The number of hydrogen-bond acceptors (Lipinski definition) is 8. The lowest BCUT2D eigenvalue weighted by Crippen LogP contribution is -2.32. The van der Waals surface area contributed by atoms with Crippen molar-refractivity contribution in [3.05, 3.63) is 52.2 Å². The van der Waals surface area contributed by atoms with Crippen LogP contribution in [0.1, 0.15) is 37.0 Å². The van der Waals surface area contributed by atoms with Crippen molar-refractivity contribution >= 4 is 50.3 Å². The molecule has 1 aromatic heterocycles. The van der Waals surface area contributed by atoms with E-state index in [1.807, 2.05) is 18.7 Å². The van der Waals surface area contributed by atoms with E-state index in [2.05, 4.69) is 0 Å². The Hall–Kier alpha value is -2.50. The molecule has 9 nitrogen and oxygen atoms in total. The molecule has 0 unspecified atom stereocenters. The molecule has 0 aliphatic carbocycles. The average molecular weight is 541 g/mol. The summed E-state index contributed by atoms with van der Waals surface area (Å²) in [5, 5.41) is 9.23. The fourth-order valence-electron chi connectivity index (χ4n) is 3.78. The Morgan fingerprint density at radius 3 is 2.19 bits per heavy atom. The van der Waals surface area contributed by atoms with Crippen molar-refractivity contribution in [2.45, 2.75) is 31.6 Å². The minimum absolute atomic E-state index is 0. The van der Waals surface area contributed by atoms with Gasteiger partial charge in [0.25, 0.3) is 0 Å². The molecule has 36 heavy (non-hydrogen) atoms. The third-order valence-corrected chi connectivity index (χ3v) is 7.54. The molecule has 0 radical (unpaired) electrons. The summed E-state index contributed by atoms with van der Waals surface area (Å²) in [6.45, 7) is 5.67. The number of carbonyl (C=O) groups is 1. The van der Waals surface area contributed by atoms with Crippen LogP contribution in [0.15, 0.2) is 50.5 Å². The number of hydrogen-bond donors (Lipinski definition) is 1. The molecule has 0 fully saturated rings. The Morgan fingerprint density at radius 2 is 1.58 bits per heavy atom. The van der Waals surface area contributed by atoms with Crippen LogP contribution in [-0.4, -0.2) is 75.1 Å². The fourth-order valence-corrected chi connectivity index (χ4v) is 5.43. The number of likely N-dealkylation sites (N-methyl/N-ethyl adjacent to an activating group) is 1. The van der Waals surface area contributed by atoms with Gasteiger partial charge in [0.2, 0.25) is 15.5 Å². The first-order chi connectivity index (χ1) is 16.7. The predicted octanol–water partition coefficient (Wildman–Crippen LogP) is 3.26. The summed E-state index contributed by atoms with van der Waals surface area (Å²) in [7, 11) is -1.97. The van der Waals surface area contributed by atoms with Crippen LogP contribution in [0.4, 0.5) is 0 Å². The molecule has 2 aromatic carbocycles. The zero-order chi connectivity index (χ0) is 25.6. The van der Waals surface area contributed by atoms with Gasteiger partial charge < -0.3 is 19.2 Å². The van der Waals surface area contributed by atoms with Crippen molar-refractivity contribution < 1.29 is 27.5 Å². The van der Waals surface area contributed by atoms with Gasteiger partial charge in [0.1, 0.15) is 17.8 Å². The zero-order valence-electron chi connectivity index (χ0n) is 20.7. The summed E-state index contributed by atoms with van der Waals surface area (Å²) in [6, 6.07) is 8.73. The summed E-state index contributed by atoms with van der Waals surface area (Å²) in [5.41, 5.74) is 0.320. The number of benzene rings is 2. The molecule has 0 amide bonds. The van der Waals surface area contributed by atoms with Crippen LogP contribution >= 0.6 is 12.4 Å². The first-order valence-corrected chi connectivity index (χ1v) is 13.1. The summed E-state index contributed by atoms with van der Waals surface area (Å²) in [6.07, 6.45) is 1.35. The quantitative estimate of drug-likeness (QED) is 0.275. The number of halogens is 1. The molecular weight excluding hydrogens is 508 g/mol. The zero-order valence-corrected chi connectivity index (χ0v) is 22.4. The predicted molar refractivity (Wildman–Crippen MR) is 141 cm³/mol. The van der Waals surface area contributed by atoms with E-state index in [9.17, 15) is 18.0 Å². The van der Waals surface area contributed by atoms with E-state index in [1.165, 1.54) is 40.7 Å². The Kier molecular flexibility index (Phi) is 10.9. The fraction of sp³-hybridized carbons (Fsp3) is 0.440. The van der Waals surface area contributed by atoms with Gasteiger partial charge in [-0.05, 0) is 56.3 Å². The Balaban J connectivity index is 0.00000456. The number of fused-ring (bicyclic) bond motifs is 2. The second kappa shape index (κ2) is 13.2. The molecule has 0 bridgehead atoms. The molecule has 1 heterocycles. The molecular formula is C25H33ClN2O7S. The summed E-state index contributed by atoms with van der Waals surface area (Å²) >= 11 is 0. The first kappa shape index (κ1) is 29.7. The highest BCUT2D eigenvalue weighted by Crippen LogP contribution is 2.24. The van der Waals surface area contributed by atoms with Gasteiger partial charge in [-0.25, -0.2) is 13.2 Å². The lowest BCUT2D eigenvalue weighted by Gasteiger charge is -2.21. The minimum atomic E-state index is -3.77. The number of aliphatic hydroxyl groups is 1. The van der Waals surface area contributed by atoms with E-state index < -0.39 is 21.4 Å². The largest absolute Gasteiger partial charge is 0.461 e. The van der Waals surface area contributed by atoms with Crippen molar-refractivity contribution in [2.24, 2.45) is 0 Å². The maximum absolute atomic E-state index is 13.3. The van der Waals surface area contributed by atoms with Gasteiger partial charge in [0, 0.05) is 26.2 Å². The van der Waals surface area contributed by atoms with E-state index in [0.717, 1.165) is 0 Å². The van der Waals surface area contributed by atoms with Crippen LogP contribution in [0, 0.1) is 0 Å². The normalized spacial score (nSPS) is 11.8. The van der Waals surface area contributed by atoms with Crippen molar-refractivity contribution in [3.8, 4) is 0 Å². The number of rotatable bonds is 12. The lowest BCUT2D eigenvalue weighted by molar-refractivity contribution is 0.0467. The van der Waals surface area contributed by atoms with E-state index in [4.69, 9.17) is 14.3 Å². The molecule has 0 saturated heterocycles. The van der Waals surface area contributed by atoms with Gasteiger partial charge in [0.15, 0.2) is 0 Å². The van der Waals surface area contributed by atoms with Crippen LogP contribution in [0.2, 0.25) is 0 Å². The summed E-state index contributed by atoms with van der Waals surface area (Å²) in [5.74, 6) is -0.588. The maximum atomic E-state index is 13.3. The topological polar surface area (TPSA) is 117 Å². The second-order valence-electron chi connectivity index (χ2n) is 8.37.